The molecule has 0 atom stereocenters. The Morgan fingerprint density at radius 1 is 0.500 bits per heavy atom. The summed E-state index contributed by atoms with van der Waals surface area (Å²) in [6.07, 6.45) is 24.0. The molecule has 106 valence electrons. The van der Waals surface area contributed by atoms with E-state index in [0.717, 1.165) is 5.92 Å². The Hall–Kier alpha value is -0.260. The third-order valence-corrected chi connectivity index (χ3v) is 4.48. The van der Waals surface area contributed by atoms with E-state index in [4.69, 9.17) is 0 Å². The Kier molecular flexibility index (Phi) is 10.4. The largest absolute Gasteiger partial charge is 0.103 e. The third-order valence-electron chi connectivity index (χ3n) is 4.48. The molecule has 0 heteroatoms. The number of rotatable bonds is 1. The highest BCUT2D eigenvalue weighted by Gasteiger charge is 2.04. The topological polar surface area (TPSA) is 0 Å². The van der Waals surface area contributed by atoms with Gasteiger partial charge < -0.3 is 0 Å². The molecule has 1 fully saturated rings. The van der Waals surface area contributed by atoms with Gasteiger partial charge in [-0.3, -0.25) is 0 Å². The highest BCUT2D eigenvalue weighted by Crippen LogP contribution is 2.20. The van der Waals surface area contributed by atoms with Crippen LogP contribution >= 0.6 is 0 Å². The van der Waals surface area contributed by atoms with E-state index >= 15 is 0 Å². The molecule has 0 aliphatic heterocycles. The van der Waals surface area contributed by atoms with Gasteiger partial charge in [0.15, 0.2) is 0 Å². The minimum atomic E-state index is 0.804. The quantitative estimate of drug-likeness (QED) is 0.457. The maximum Gasteiger partial charge on any atom is -0.0236 e. The molecule has 0 N–H and O–H groups in total. The van der Waals surface area contributed by atoms with Crippen LogP contribution in [0.3, 0.4) is 0 Å². The van der Waals surface area contributed by atoms with E-state index in [1.54, 1.807) is 0 Å². The van der Waals surface area contributed by atoms with Crippen LogP contribution in [0.1, 0.15) is 96.3 Å². The van der Waals surface area contributed by atoms with Gasteiger partial charge in [0, 0.05) is 0 Å². The van der Waals surface area contributed by atoms with Crippen molar-refractivity contribution in [2.75, 3.05) is 0 Å². The Balaban J connectivity index is 2.17. The summed E-state index contributed by atoms with van der Waals surface area (Å²) >= 11 is 0. The summed E-state index contributed by atoms with van der Waals surface area (Å²) < 4.78 is 0. The molecule has 0 bridgehead atoms. The highest BCUT2D eigenvalue weighted by atomic mass is 14.1. The zero-order chi connectivity index (χ0) is 12.9. The standard InChI is InChI=1S/C18H34/c1-2-18-16-14-12-10-8-6-4-3-5-7-9-11-13-15-17-18/h2,18H,1,3-17H2. The van der Waals surface area contributed by atoms with E-state index < -0.39 is 0 Å². The molecule has 0 heterocycles. The Bertz CT molecular complexity index is 166. The number of hydrogen-bond acceptors (Lipinski definition) is 0. The van der Waals surface area contributed by atoms with Gasteiger partial charge >= 0.3 is 0 Å². The van der Waals surface area contributed by atoms with Gasteiger partial charge in [-0.2, -0.15) is 0 Å². The first-order valence-electron chi connectivity index (χ1n) is 8.56. The van der Waals surface area contributed by atoms with Crippen LogP contribution in [-0.4, -0.2) is 0 Å². The summed E-state index contributed by atoms with van der Waals surface area (Å²) in [6, 6.07) is 0. The van der Waals surface area contributed by atoms with E-state index in [2.05, 4.69) is 12.7 Å². The molecular formula is C18H34. The molecule has 18 heavy (non-hydrogen) atoms. The second-order valence-electron chi connectivity index (χ2n) is 6.17. The molecule has 1 saturated carbocycles. The van der Waals surface area contributed by atoms with Crippen LogP contribution in [0.25, 0.3) is 0 Å². The molecule has 0 radical (unpaired) electrons. The van der Waals surface area contributed by atoms with Crippen LogP contribution in [0.5, 0.6) is 0 Å². The zero-order valence-electron chi connectivity index (χ0n) is 12.5. The first kappa shape index (κ1) is 15.8. The molecule has 0 aromatic carbocycles. The maximum absolute atomic E-state index is 4.01. The Labute approximate surface area is 115 Å². The van der Waals surface area contributed by atoms with Crippen molar-refractivity contribution in [3.63, 3.8) is 0 Å². The minimum Gasteiger partial charge on any atom is -0.103 e. The Morgan fingerprint density at radius 2 is 0.778 bits per heavy atom. The molecule has 0 saturated heterocycles. The summed E-state index contributed by atoms with van der Waals surface area (Å²) in [5, 5.41) is 0. The molecule has 0 aromatic heterocycles. The SMILES string of the molecule is C=CC1CCCCCCCCCCCCCCC1. The monoisotopic (exact) mass is 250 g/mol. The zero-order valence-corrected chi connectivity index (χ0v) is 12.5. The van der Waals surface area contributed by atoms with E-state index in [-0.39, 0.29) is 0 Å². The van der Waals surface area contributed by atoms with Gasteiger partial charge in [0.05, 0.1) is 0 Å². The molecule has 1 aliphatic carbocycles. The minimum absolute atomic E-state index is 0.804. The maximum atomic E-state index is 4.01. The molecule has 0 unspecified atom stereocenters. The molecular weight excluding hydrogens is 216 g/mol. The van der Waals surface area contributed by atoms with Gasteiger partial charge in [-0.25, -0.2) is 0 Å². The molecule has 0 nitrogen and oxygen atoms in total. The van der Waals surface area contributed by atoms with Gasteiger partial charge in [0.25, 0.3) is 0 Å². The van der Waals surface area contributed by atoms with Crippen molar-refractivity contribution in [1.29, 1.82) is 0 Å². The summed E-state index contributed by atoms with van der Waals surface area (Å²) in [5.74, 6) is 0.804. The fourth-order valence-corrected chi connectivity index (χ4v) is 3.14. The van der Waals surface area contributed by atoms with E-state index in [1.807, 2.05) is 0 Å². The predicted molar refractivity (Wildman–Crippen MR) is 82.9 cm³/mol. The number of allylic oxidation sites excluding steroid dienone is 1. The lowest BCUT2D eigenvalue weighted by Crippen LogP contribution is -1.97. The first-order chi connectivity index (χ1) is 8.93. The highest BCUT2D eigenvalue weighted by molar-refractivity contribution is 4.78. The van der Waals surface area contributed by atoms with Crippen molar-refractivity contribution in [2.45, 2.75) is 96.3 Å². The van der Waals surface area contributed by atoms with E-state index in [1.165, 1.54) is 96.3 Å². The Morgan fingerprint density at radius 3 is 1.06 bits per heavy atom. The van der Waals surface area contributed by atoms with Gasteiger partial charge in [-0.1, -0.05) is 89.5 Å². The van der Waals surface area contributed by atoms with Crippen LogP contribution in [0.2, 0.25) is 0 Å². The number of hydrogen-bond donors (Lipinski definition) is 0. The van der Waals surface area contributed by atoms with Crippen LogP contribution in [0, 0.1) is 5.92 Å². The van der Waals surface area contributed by atoms with E-state index in [0.29, 0.717) is 0 Å². The average molecular weight is 250 g/mol. The van der Waals surface area contributed by atoms with Gasteiger partial charge in [0.2, 0.25) is 0 Å². The normalized spacial score (nSPS) is 23.6. The molecule has 0 spiro atoms. The van der Waals surface area contributed by atoms with Crippen molar-refractivity contribution in [2.24, 2.45) is 5.92 Å². The van der Waals surface area contributed by atoms with Crippen molar-refractivity contribution in [3.8, 4) is 0 Å². The van der Waals surface area contributed by atoms with Gasteiger partial charge in [0.1, 0.15) is 0 Å². The lowest BCUT2D eigenvalue weighted by Gasteiger charge is -2.12. The van der Waals surface area contributed by atoms with Crippen LogP contribution < -0.4 is 0 Å². The molecule has 0 aromatic rings. The fourth-order valence-electron chi connectivity index (χ4n) is 3.14. The van der Waals surface area contributed by atoms with Crippen LogP contribution in [-0.2, 0) is 0 Å². The molecule has 0 amide bonds. The summed E-state index contributed by atoms with van der Waals surface area (Å²) in [4.78, 5) is 0. The van der Waals surface area contributed by atoms with E-state index in [9.17, 15) is 0 Å². The lowest BCUT2D eigenvalue weighted by atomic mass is 9.94. The molecule has 1 rings (SSSR count). The third kappa shape index (κ3) is 8.78. The van der Waals surface area contributed by atoms with Crippen molar-refractivity contribution >= 4 is 0 Å². The molecule has 1 aliphatic rings. The second kappa shape index (κ2) is 11.8. The lowest BCUT2D eigenvalue weighted by molar-refractivity contribution is 0.456. The fraction of sp³-hybridized carbons (Fsp3) is 0.889. The van der Waals surface area contributed by atoms with Crippen molar-refractivity contribution in [3.05, 3.63) is 12.7 Å². The summed E-state index contributed by atoms with van der Waals surface area (Å²) in [7, 11) is 0. The van der Waals surface area contributed by atoms with Crippen LogP contribution in [0.4, 0.5) is 0 Å². The van der Waals surface area contributed by atoms with Crippen molar-refractivity contribution < 1.29 is 0 Å². The van der Waals surface area contributed by atoms with Gasteiger partial charge in [-0.15, -0.1) is 6.58 Å². The second-order valence-corrected chi connectivity index (χ2v) is 6.17. The first-order valence-corrected chi connectivity index (χ1v) is 8.56. The smallest absolute Gasteiger partial charge is 0.0236 e. The predicted octanol–water partition coefficient (Wildman–Crippen LogP) is 6.65. The van der Waals surface area contributed by atoms with Gasteiger partial charge in [-0.05, 0) is 18.8 Å². The van der Waals surface area contributed by atoms with Crippen LogP contribution in [0.15, 0.2) is 12.7 Å². The average Bonchev–Trinajstić information content (AvgIpc) is 2.39. The summed E-state index contributed by atoms with van der Waals surface area (Å²) in [5.41, 5.74) is 0. The summed E-state index contributed by atoms with van der Waals surface area (Å²) in [6.45, 7) is 4.01. The van der Waals surface area contributed by atoms with Crippen molar-refractivity contribution in [1.82, 2.24) is 0 Å².